The molecule has 0 unspecified atom stereocenters. The van der Waals surface area contributed by atoms with Crippen LogP contribution in [0.5, 0.6) is 0 Å². The van der Waals surface area contributed by atoms with E-state index in [1.165, 1.54) is 49.3 Å². The summed E-state index contributed by atoms with van der Waals surface area (Å²) < 4.78 is 0. The van der Waals surface area contributed by atoms with Crippen LogP contribution in [-0.4, -0.2) is 27.2 Å². The lowest BCUT2D eigenvalue weighted by atomic mass is 9.90. The van der Waals surface area contributed by atoms with E-state index in [4.69, 9.17) is 0 Å². The quantitative estimate of drug-likeness (QED) is 0.833. The van der Waals surface area contributed by atoms with Gasteiger partial charge in [-0.1, -0.05) is 36.4 Å². The first-order chi connectivity index (χ1) is 10.7. The molecule has 0 aromatic heterocycles. The molecule has 3 rings (SSSR count). The Morgan fingerprint density at radius 2 is 1.68 bits per heavy atom. The molecule has 1 saturated heterocycles. The normalized spacial score (nSPS) is 15.8. The SMILES string of the molecule is CN(C)c1cccc(N2CCC(Cc3ccccc3)CC2)c1. The van der Waals surface area contributed by atoms with Gasteiger partial charge in [-0.25, -0.2) is 0 Å². The minimum absolute atomic E-state index is 0.829. The highest BCUT2D eigenvalue weighted by atomic mass is 15.1. The molecule has 0 N–H and O–H groups in total. The van der Waals surface area contributed by atoms with E-state index in [1.807, 2.05) is 0 Å². The van der Waals surface area contributed by atoms with Crippen molar-refractivity contribution in [3.8, 4) is 0 Å². The monoisotopic (exact) mass is 294 g/mol. The van der Waals surface area contributed by atoms with Gasteiger partial charge in [0.15, 0.2) is 0 Å². The predicted molar refractivity (Wildman–Crippen MR) is 95.9 cm³/mol. The first-order valence-corrected chi connectivity index (χ1v) is 8.28. The molecular formula is C20H26N2. The summed E-state index contributed by atoms with van der Waals surface area (Å²) in [5, 5.41) is 0. The number of nitrogens with zero attached hydrogens (tertiary/aromatic N) is 2. The highest BCUT2D eigenvalue weighted by Crippen LogP contribution is 2.27. The standard InChI is InChI=1S/C20H26N2/c1-21(2)19-9-6-10-20(16-19)22-13-11-18(12-14-22)15-17-7-4-3-5-8-17/h3-10,16,18H,11-15H2,1-2H3. The van der Waals surface area contributed by atoms with Crippen LogP contribution in [-0.2, 0) is 6.42 Å². The van der Waals surface area contributed by atoms with Gasteiger partial charge in [-0.05, 0) is 48.9 Å². The molecule has 1 aliphatic heterocycles. The van der Waals surface area contributed by atoms with Crippen LogP contribution in [0.1, 0.15) is 18.4 Å². The third kappa shape index (κ3) is 3.62. The summed E-state index contributed by atoms with van der Waals surface area (Å²) in [6, 6.07) is 19.8. The number of piperidine rings is 1. The molecule has 2 nitrogen and oxygen atoms in total. The van der Waals surface area contributed by atoms with Crippen LogP contribution in [0.2, 0.25) is 0 Å². The summed E-state index contributed by atoms with van der Waals surface area (Å²) in [5.41, 5.74) is 4.13. The van der Waals surface area contributed by atoms with E-state index in [0.29, 0.717) is 0 Å². The molecule has 0 atom stereocenters. The van der Waals surface area contributed by atoms with Crippen LogP contribution in [0.15, 0.2) is 54.6 Å². The Bertz CT molecular complexity index is 584. The Kier molecular flexibility index (Phi) is 4.67. The summed E-state index contributed by atoms with van der Waals surface area (Å²) >= 11 is 0. The Morgan fingerprint density at radius 3 is 2.36 bits per heavy atom. The lowest BCUT2D eigenvalue weighted by Gasteiger charge is -2.34. The number of hydrogen-bond donors (Lipinski definition) is 0. The summed E-state index contributed by atoms with van der Waals surface area (Å²) in [7, 11) is 4.20. The molecule has 0 radical (unpaired) electrons. The van der Waals surface area contributed by atoms with Gasteiger partial charge < -0.3 is 9.80 Å². The molecule has 1 aliphatic rings. The van der Waals surface area contributed by atoms with Gasteiger partial charge in [0.25, 0.3) is 0 Å². The average Bonchev–Trinajstić information content (AvgIpc) is 2.56. The molecule has 1 fully saturated rings. The fourth-order valence-corrected chi connectivity index (χ4v) is 3.31. The number of anilines is 2. The van der Waals surface area contributed by atoms with Gasteiger partial charge in [-0.3, -0.25) is 0 Å². The van der Waals surface area contributed by atoms with Crippen LogP contribution in [0, 0.1) is 5.92 Å². The van der Waals surface area contributed by atoms with Crippen molar-refractivity contribution in [2.24, 2.45) is 5.92 Å². The van der Waals surface area contributed by atoms with E-state index in [1.54, 1.807) is 0 Å². The zero-order valence-electron chi connectivity index (χ0n) is 13.7. The van der Waals surface area contributed by atoms with Gasteiger partial charge >= 0.3 is 0 Å². The van der Waals surface area contributed by atoms with E-state index in [-0.39, 0.29) is 0 Å². The average molecular weight is 294 g/mol. The molecule has 0 bridgehead atoms. The van der Waals surface area contributed by atoms with Gasteiger partial charge in [0, 0.05) is 38.6 Å². The third-order valence-corrected chi connectivity index (χ3v) is 4.69. The Morgan fingerprint density at radius 1 is 0.955 bits per heavy atom. The highest BCUT2D eigenvalue weighted by Gasteiger charge is 2.19. The lowest BCUT2D eigenvalue weighted by molar-refractivity contribution is 0.404. The van der Waals surface area contributed by atoms with E-state index >= 15 is 0 Å². The maximum absolute atomic E-state index is 2.54. The van der Waals surface area contributed by atoms with Crippen LogP contribution in [0.4, 0.5) is 11.4 Å². The Hall–Kier alpha value is -1.96. The zero-order valence-corrected chi connectivity index (χ0v) is 13.7. The van der Waals surface area contributed by atoms with Crippen molar-refractivity contribution >= 4 is 11.4 Å². The van der Waals surface area contributed by atoms with Crippen molar-refractivity contribution in [1.82, 2.24) is 0 Å². The van der Waals surface area contributed by atoms with Gasteiger partial charge in [-0.15, -0.1) is 0 Å². The van der Waals surface area contributed by atoms with Crippen molar-refractivity contribution in [3.05, 3.63) is 60.2 Å². The minimum atomic E-state index is 0.829. The largest absolute Gasteiger partial charge is 0.378 e. The number of rotatable bonds is 4. The molecule has 1 heterocycles. The molecule has 2 aromatic rings. The molecular weight excluding hydrogens is 268 g/mol. The summed E-state index contributed by atoms with van der Waals surface area (Å²) in [6.07, 6.45) is 3.81. The predicted octanol–water partition coefficient (Wildman–Crippen LogP) is 4.21. The molecule has 0 amide bonds. The van der Waals surface area contributed by atoms with Crippen molar-refractivity contribution in [2.45, 2.75) is 19.3 Å². The minimum Gasteiger partial charge on any atom is -0.378 e. The Labute approximate surface area is 134 Å². The molecule has 0 spiro atoms. The van der Waals surface area contributed by atoms with Crippen molar-refractivity contribution in [1.29, 1.82) is 0 Å². The smallest absolute Gasteiger partial charge is 0.0386 e. The van der Waals surface area contributed by atoms with Crippen molar-refractivity contribution in [3.63, 3.8) is 0 Å². The molecule has 2 heteroatoms. The van der Waals surface area contributed by atoms with E-state index < -0.39 is 0 Å². The number of hydrogen-bond acceptors (Lipinski definition) is 2. The third-order valence-electron chi connectivity index (χ3n) is 4.69. The van der Waals surface area contributed by atoms with Crippen LogP contribution < -0.4 is 9.80 Å². The number of benzene rings is 2. The second kappa shape index (κ2) is 6.87. The zero-order chi connectivity index (χ0) is 15.4. The fraction of sp³-hybridized carbons (Fsp3) is 0.400. The molecule has 0 aliphatic carbocycles. The summed E-state index contributed by atoms with van der Waals surface area (Å²) in [6.45, 7) is 2.35. The van der Waals surface area contributed by atoms with Crippen LogP contribution >= 0.6 is 0 Å². The molecule has 116 valence electrons. The molecule has 22 heavy (non-hydrogen) atoms. The highest BCUT2D eigenvalue weighted by molar-refractivity contribution is 5.59. The fourth-order valence-electron chi connectivity index (χ4n) is 3.31. The summed E-state index contributed by atoms with van der Waals surface area (Å²) in [4.78, 5) is 4.71. The summed E-state index contributed by atoms with van der Waals surface area (Å²) in [5.74, 6) is 0.829. The maximum atomic E-state index is 2.54. The van der Waals surface area contributed by atoms with E-state index in [0.717, 1.165) is 5.92 Å². The van der Waals surface area contributed by atoms with E-state index in [2.05, 4.69) is 78.5 Å². The topological polar surface area (TPSA) is 6.48 Å². The van der Waals surface area contributed by atoms with Crippen molar-refractivity contribution < 1.29 is 0 Å². The van der Waals surface area contributed by atoms with Gasteiger partial charge in [0.05, 0.1) is 0 Å². The second-order valence-corrected chi connectivity index (χ2v) is 6.53. The molecule has 0 saturated carbocycles. The lowest BCUT2D eigenvalue weighted by Crippen LogP contribution is -2.34. The first-order valence-electron chi connectivity index (χ1n) is 8.28. The maximum Gasteiger partial charge on any atom is 0.0386 e. The molecule has 2 aromatic carbocycles. The van der Waals surface area contributed by atoms with E-state index in [9.17, 15) is 0 Å². The van der Waals surface area contributed by atoms with Gasteiger partial charge in [0.2, 0.25) is 0 Å². The Balaban J connectivity index is 1.58. The van der Waals surface area contributed by atoms with Crippen LogP contribution in [0.3, 0.4) is 0 Å². The van der Waals surface area contributed by atoms with Gasteiger partial charge in [0.1, 0.15) is 0 Å². The van der Waals surface area contributed by atoms with Gasteiger partial charge in [-0.2, -0.15) is 0 Å². The van der Waals surface area contributed by atoms with Crippen LogP contribution in [0.25, 0.3) is 0 Å². The first kappa shape index (κ1) is 15.0. The van der Waals surface area contributed by atoms with Crippen molar-refractivity contribution in [2.75, 3.05) is 37.0 Å². The second-order valence-electron chi connectivity index (χ2n) is 6.53.